The Morgan fingerprint density at radius 2 is 1.70 bits per heavy atom. The standard InChI is InChI=1S/C16H23Cl2NO/c1-15(2)14(16(15,3)4)13(20)10(8-19)9-5-6-11(17)12(18)7-9/h5-7,10,13-14,20H,8,19H2,1-4H3. The molecule has 0 bridgehead atoms. The first-order valence-electron chi connectivity index (χ1n) is 6.97. The highest BCUT2D eigenvalue weighted by atomic mass is 35.5. The smallest absolute Gasteiger partial charge is 0.0659 e. The fourth-order valence-corrected chi connectivity index (χ4v) is 3.86. The molecule has 1 fully saturated rings. The molecule has 2 rings (SSSR count). The van der Waals surface area contributed by atoms with Crippen molar-refractivity contribution in [2.24, 2.45) is 22.5 Å². The Balaban J connectivity index is 2.27. The van der Waals surface area contributed by atoms with E-state index in [0.717, 1.165) is 5.56 Å². The lowest BCUT2D eigenvalue weighted by Gasteiger charge is -2.24. The molecule has 2 nitrogen and oxygen atoms in total. The summed E-state index contributed by atoms with van der Waals surface area (Å²) in [5.41, 5.74) is 7.09. The summed E-state index contributed by atoms with van der Waals surface area (Å²) in [5.74, 6) is 0.119. The fourth-order valence-electron chi connectivity index (χ4n) is 3.55. The van der Waals surface area contributed by atoms with Crippen molar-refractivity contribution in [2.75, 3.05) is 6.54 Å². The van der Waals surface area contributed by atoms with Gasteiger partial charge in [0.15, 0.2) is 0 Å². The molecule has 1 aliphatic carbocycles. The maximum Gasteiger partial charge on any atom is 0.0659 e. The molecule has 0 aromatic heterocycles. The van der Waals surface area contributed by atoms with Crippen LogP contribution in [-0.4, -0.2) is 17.8 Å². The van der Waals surface area contributed by atoms with E-state index in [-0.39, 0.29) is 22.7 Å². The average Bonchev–Trinajstić information content (AvgIpc) is 2.75. The minimum atomic E-state index is -0.470. The SMILES string of the molecule is CC1(C)C(C(O)C(CN)c2ccc(Cl)c(Cl)c2)C1(C)C. The van der Waals surface area contributed by atoms with E-state index in [0.29, 0.717) is 16.6 Å². The lowest BCUT2D eigenvalue weighted by Crippen LogP contribution is -2.29. The van der Waals surface area contributed by atoms with Gasteiger partial charge < -0.3 is 10.8 Å². The molecule has 1 saturated carbocycles. The number of aliphatic hydroxyl groups is 1. The fraction of sp³-hybridized carbons (Fsp3) is 0.625. The van der Waals surface area contributed by atoms with Crippen LogP contribution in [0.4, 0.5) is 0 Å². The summed E-state index contributed by atoms with van der Waals surface area (Å²) in [6.45, 7) is 9.18. The van der Waals surface area contributed by atoms with Gasteiger partial charge in [0.25, 0.3) is 0 Å². The van der Waals surface area contributed by atoms with E-state index in [1.165, 1.54) is 0 Å². The third-order valence-corrected chi connectivity index (χ3v) is 6.25. The summed E-state index contributed by atoms with van der Waals surface area (Å²) in [4.78, 5) is 0. The van der Waals surface area contributed by atoms with Crippen molar-refractivity contribution in [3.8, 4) is 0 Å². The summed E-state index contributed by atoms with van der Waals surface area (Å²) >= 11 is 12.0. The van der Waals surface area contributed by atoms with Gasteiger partial charge in [-0.25, -0.2) is 0 Å². The summed E-state index contributed by atoms with van der Waals surface area (Å²) in [6, 6.07) is 5.47. The van der Waals surface area contributed by atoms with Gasteiger partial charge >= 0.3 is 0 Å². The molecule has 0 saturated heterocycles. The van der Waals surface area contributed by atoms with Crippen LogP contribution in [0.3, 0.4) is 0 Å². The van der Waals surface area contributed by atoms with Gasteiger partial charge in [-0.1, -0.05) is 57.0 Å². The number of hydrogen-bond acceptors (Lipinski definition) is 2. The van der Waals surface area contributed by atoms with Crippen molar-refractivity contribution >= 4 is 23.2 Å². The molecule has 0 aliphatic heterocycles. The number of aliphatic hydroxyl groups excluding tert-OH is 1. The number of hydrogen-bond donors (Lipinski definition) is 2. The quantitative estimate of drug-likeness (QED) is 0.879. The van der Waals surface area contributed by atoms with E-state index in [1.54, 1.807) is 6.07 Å². The van der Waals surface area contributed by atoms with E-state index in [1.807, 2.05) is 12.1 Å². The molecule has 2 unspecified atom stereocenters. The Kier molecular flexibility index (Phi) is 4.16. The molecular weight excluding hydrogens is 293 g/mol. The molecule has 1 aromatic rings. The van der Waals surface area contributed by atoms with E-state index < -0.39 is 6.10 Å². The Morgan fingerprint density at radius 3 is 2.10 bits per heavy atom. The molecule has 0 heterocycles. The van der Waals surface area contributed by atoms with Crippen LogP contribution in [0.1, 0.15) is 39.2 Å². The van der Waals surface area contributed by atoms with Crippen LogP contribution < -0.4 is 5.73 Å². The highest BCUT2D eigenvalue weighted by molar-refractivity contribution is 6.42. The topological polar surface area (TPSA) is 46.2 Å². The molecule has 4 heteroatoms. The Hall–Kier alpha value is -0.280. The highest BCUT2D eigenvalue weighted by Crippen LogP contribution is 2.70. The van der Waals surface area contributed by atoms with Crippen LogP contribution in [0.2, 0.25) is 10.0 Å². The maximum absolute atomic E-state index is 10.8. The molecule has 112 valence electrons. The van der Waals surface area contributed by atoms with Crippen molar-refractivity contribution in [1.82, 2.24) is 0 Å². The van der Waals surface area contributed by atoms with Crippen molar-refractivity contribution in [3.63, 3.8) is 0 Å². The normalized spacial score (nSPS) is 23.4. The number of rotatable bonds is 4. The summed E-state index contributed by atoms with van der Waals surface area (Å²) in [7, 11) is 0. The van der Waals surface area contributed by atoms with E-state index in [4.69, 9.17) is 28.9 Å². The highest BCUT2D eigenvalue weighted by Gasteiger charge is 2.67. The summed E-state index contributed by atoms with van der Waals surface area (Å²) in [6.07, 6.45) is -0.470. The van der Waals surface area contributed by atoms with Crippen LogP contribution in [0.5, 0.6) is 0 Å². The second-order valence-corrected chi connectivity index (χ2v) is 7.74. The van der Waals surface area contributed by atoms with E-state index in [9.17, 15) is 5.11 Å². The third-order valence-electron chi connectivity index (χ3n) is 5.51. The minimum absolute atomic E-state index is 0.115. The first-order chi connectivity index (χ1) is 9.14. The van der Waals surface area contributed by atoms with Gasteiger partial charge in [0.05, 0.1) is 16.1 Å². The summed E-state index contributed by atoms with van der Waals surface area (Å²) in [5, 5.41) is 11.8. The molecule has 1 aromatic carbocycles. The maximum atomic E-state index is 10.8. The molecule has 0 spiro atoms. The van der Waals surface area contributed by atoms with Crippen molar-refractivity contribution in [2.45, 2.75) is 39.7 Å². The minimum Gasteiger partial charge on any atom is -0.392 e. The summed E-state index contributed by atoms with van der Waals surface area (Å²) < 4.78 is 0. The largest absolute Gasteiger partial charge is 0.392 e. The molecule has 20 heavy (non-hydrogen) atoms. The number of benzene rings is 1. The first-order valence-corrected chi connectivity index (χ1v) is 7.73. The molecule has 0 amide bonds. The van der Waals surface area contributed by atoms with Crippen LogP contribution >= 0.6 is 23.2 Å². The molecule has 2 atom stereocenters. The first kappa shape index (κ1) is 16.1. The van der Waals surface area contributed by atoms with Gasteiger partial charge in [0.1, 0.15) is 0 Å². The van der Waals surface area contributed by atoms with Crippen LogP contribution in [-0.2, 0) is 0 Å². The zero-order valence-corrected chi connectivity index (χ0v) is 14.0. The lowest BCUT2D eigenvalue weighted by molar-refractivity contribution is 0.102. The van der Waals surface area contributed by atoms with E-state index in [2.05, 4.69) is 27.7 Å². The lowest BCUT2D eigenvalue weighted by atomic mass is 9.88. The zero-order chi connectivity index (χ0) is 15.3. The average molecular weight is 316 g/mol. The Morgan fingerprint density at radius 1 is 1.15 bits per heavy atom. The van der Waals surface area contributed by atoms with Crippen molar-refractivity contribution < 1.29 is 5.11 Å². The number of nitrogens with two attached hydrogens (primary N) is 1. The number of halogens is 2. The predicted molar refractivity (Wildman–Crippen MR) is 85.3 cm³/mol. The molecule has 1 aliphatic rings. The van der Waals surface area contributed by atoms with Gasteiger partial charge in [-0.2, -0.15) is 0 Å². The molecule has 3 N–H and O–H groups in total. The van der Waals surface area contributed by atoms with Crippen molar-refractivity contribution in [3.05, 3.63) is 33.8 Å². The Bertz CT molecular complexity index is 499. The second-order valence-electron chi connectivity index (χ2n) is 6.93. The molecule has 0 radical (unpaired) electrons. The van der Waals surface area contributed by atoms with Crippen LogP contribution in [0.15, 0.2) is 18.2 Å². The monoisotopic (exact) mass is 315 g/mol. The van der Waals surface area contributed by atoms with E-state index >= 15 is 0 Å². The van der Waals surface area contributed by atoms with Gasteiger partial charge in [-0.3, -0.25) is 0 Å². The van der Waals surface area contributed by atoms with Crippen LogP contribution in [0, 0.1) is 16.7 Å². The second kappa shape index (κ2) is 5.17. The van der Waals surface area contributed by atoms with Gasteiger partial charge in [-0.15, -0.1) is 0 Å². The third kappa shape index (κ3) is 2.37. The van der Waals surface area contributed by atoms with Gasteiger partial charge in [-0.05, 0) is 34.4 Å². The molecular formula is C16H23Cl2NO. The van der Waals surface area contributed by atoms with Crippen molar-refractivity contribution in [1.29, 1.82) is 0 Å². The van der Waals surface area contributed by atoms with Gasteiger partial charge in [0, 0.05) is 12.5 Å². The van der Waals surface area contributed by atoms with Crippen LogP contribution in [0.25, 0.3) is 0 Å². The predicted octanol–water partition coefficient (Wildman–Crippen LogP) is 4.08. The Labute approximate surface area is 131 Å². The zero-order valence-electron chi connectivity index (χ0n) is 12.5. The van der Waals surface area contributed by atoms with Gasteiger partial charge in [0.2, 0.25) is 0 Å².